The standard InChI is InChI=1S/C15H32N2/c1-6-16-14(15(3,4)5)12-17(7-2)11-13-9-8-10-13/h13-14,16H,6-12H2,1-5H3. The van der Waals surface area contributed by atoms with Crippen LogP contribution in [0.3, 0.4) is 0 Å². The third-order valence-electron chi connectivity index (χ3n) is 4.13. The third kappa shape index (κ3) is 4.97. The van der Waals surface area contributed by atoms with E-state index in [1.165, 1.54) is 38.9 Å². The molecular formula is C15H32N2. The normalized spacial score (nSPS) is 19.4. The van der Waals surface area contributed by atoms with Crippen molar-refractivity contribution in [2.75, 3.05) is 26.2 Å². The second-order valence-corrected chi connectivity index (χ2v) is 6.63. The summed E-state index contributed by atoms with van der Waals surface area (Å²) in [5, 5.41) is 3.65. The molecule has 1 saturated carbocycles. The van der Waals surface area contributed by atoms with Gasteiger partial charge >= 0.3 is 0 Å². The minimum absolute atomic E-state index is 0.350. The summed E-state index contributed by atoms with van der Waals surface area (Å²) in [7, 11) is 0. The second kappa shape index (κ2) is 6.75. The molecule has 0 aromatic carbocycles. The molecule has 0 aromatic heterocycles. The highest BCUT2D eigenvalue weighted by molar-refractivity contribution is 4.84. The van der Waals surface area contributed by atoms with Gasteiger partial charge in [-0.1, -0.05) is 41.0 Å². The molecule has 17 heavy (non-hydrogen) atoms. The van der Waals surface area contributed by atoms with Crippen LogP contribution < -0.4 is 5.32 Å². The summed E-state index contributed by atoms with van der Waals surface area (Å²) in [5.74, 6) is 0.984. The fraction of sp³-hybridized carbons (Fsp3) is 1.00. The first-order valence-electron chi connectivity index (χ1n) is 7.43. The van der Waals surface area contributed by atoms with E-state index in [9.17, 15) is 0 Å². The molecule has 2 heteroatoms. The number of likely N-dealkylation sites (N-methyl/N-ethyl adjacent to an activating group) is 2. The summed E-state index contributed by atoms with van der Waals surface area (Å²) >= 11 is 0. The summed E-state index contributed by atoms with van der Waals surface area (Å²) in [6, 6.07) is 0.604. The van der Waals surface area contributed by atoms with Crippen LogP contribution in [0.15, 0.2) is 0 Å². The predicted molar refractivity (Wildman–Crippen MR) is 76.4 cm³/mol. The van der Waals surface area contributed by atoms with E-state index in [0.717, 1.165) is 12.5 Å². The smallest absolute Gasteiger partial charge is 0.0243 e. The van der Waals surface area contributed by atoms with Gasteiger partial charge in [0.25, 0.3) is 0 Å². The quantitative estimate of drug-likeness (QED) is 0.735. The van der Waals surface area contributed by atoms with E-state index in [1.807, 2.05) is 0 Å². The summed E-state index contributed by atoms with van der Waals surface area (Å²) in [6.07, 6.45) is 4.37. The van der Waals surface area contributed by atoms with Gasteiger partial charge in [-0.2, -0.15) is 0 Å². The second-order valence-electron chi connectivity index (χ2n) is 6.63. The molecule has 1 N–H and O–H groups in total. The van der Waals surface area contributed by atoms with E-state index < -0.39 is 0 Å². The highest BCUT2D eigenvalue weighted by atomic mass is 15.2. The molecule has 102 valence electrons. The van der Waals surface area contributed by atoms with Crippen molar-refractivity contribution in [3.8, 4) is 0 Å². The zero-order valence-electron chi connectivity index (χ0n) is 12.6. The molecule has 0 aromatic rings. The largest absolute Gasteiger partial charge is 0.312 e. The summed E-state index contributed by atoms with van der Waals surface area (Å²) in [4.78, 5) is 2.64. The highest BCUT2D eigenvalue weighted by Crippen LogP contribution is 2.28. The van der Waals surface area contributed by atoms with E-state index in [0.29, 0.717) is 11.5 Å². The number of hydrogen-bond acceptors (Lipinski definition) is 2. The van der Waals surface area contributed by atoms with Crippen LogP contribution in [-0.2, 0) is 0 Å². The molecule has 2 nitrogen and oxygen atoms in total. The highest BCUT2D eigenvalue weighted by Gasteiger charge is 2.27. The first-order valence-corrected chi connectivity index (χ1v) is 7.43. The summed E-state index contributed by atoms with van der Waals surface area (Å²) in [6.45, 7) is 16.3. The van der Waals surface area contributed by atoms with E-state index >= 15 is 0 Å². The van der Waals surface area contributed by atoms with Gasteiger partial charge in [0.05, 0.1) is 0 Å². The molecule has 0 saturated heterocycles. The van der Waals surface area contributed by atoms with Crippen molar-refractivity contribution in [2.24, 2.45) is 11.3 Å². The Morgan fingerprint density at radius 1 is 1.24 bits per heavy atom. The molecule has 1 fully saturated rings. The van der Waals surface area contributed by atoms with Crippen LogP contribution in [-0.4, -0.2) is 37.1 Å². The maximum atomic E-state index is 3.65. The average molecular weight is 240 g/mol. The van der Waals surface area contributed by atoms with E-state index in [-0.39, 0.29) is 0 Å². The minimum atomic E-state index is 0.350. The Labute approximate surface area is 108 Å². The minimum Gasteiger partial charge on any atom is -0.312 e. The van der Waals surface area contributed by atoms with Gasteiger partial charge in [0.1, 0.15) is 0 Å². The molecule has 0 amide bonds. The number of nitrogens with zero attached hydrogens (tertiary/aromatic N) is 1. The third-order valence-corrected chi connectivity index (χ3v) is 4.13. The lowest BCUT2D eigenvalue weighted by Crippen LogP contribution is -2.49. The first-order chi connectivity index (χ1) is 7.97. The Hall–Kier alpha value is -0.0800. The Bertz CT molecular complexity index is 203. The van der Waals surface area contributed by atoms with Crippen LogP contribution >= 0.6 is 0 Å². The molecule has 1 rings (SSSR count). The summed E-state index contributed by atoms with van der Waals surface area (Å²) in [5.41, 5.74) is 0.350. The zero-order chi connectivity index (χ0) is 12.9. The Morgan fingerprint density at radius 2 is 1.88 bits per heavy atom. The van der Waals surface area contributed by atoms with Gasteiger partial charge < -0.3 is 10.2 Å². The predicted octanol–water partition coefficient (Wildman–Crippen LogP) is 3.13. The van der Waals surface area contributed by atoms with Gasteiger partial charge in [0.2, 0.25) is 0 Å². The van der Waals surface area contributed by atoms with E-state index in [4.69, 9.17) is 0 Å². The lowest BCUT2D eigenvalue weighted by atomic mass is 9.83. The summed E-state index contributed by atoms with van der Waals surface area (Å²) < 4.78 is 0. The molecule has 0 spiro atoms. The molecule has 1 aliphatic carbocycles. The van der Waals surface area contributed by atoms with E-state index in [2.05, 4.69) is 44.8 Å². The maximum absolute atomic E-state index is 3.65. The van der Waals surface area contributed by atoms with Gasteiger partial charge in [-0.15, -0.1) is 0 Å². The van der Waals surface area contributed by atoms with Gasteiger partial charge in [-0.25, -0.2) is 0 Å². The van der Waals surface area contributed by atoms with Crippen molar-refractivity contribution in [2.45, 2.75) is 59.9 Å². The number of hydrogen-bond donors (Lipinski definition) is 1. The van der Waals surface area contributed by atoms with Crippen LogP contribution in [0.4, 0.5) is 0 Å². The van der Waals surface area contributed by atoms with Crippen LogP contribution in [0.2, 0.25) is 0 Å². The topological polar surface area (TPSA) is 15.3 Å². The van der Waals surface area contributed by atoms with Gasteiger partial charge in [-0.05, 0) is 37.3 Å². The van der Waals surface area contributed by atoms with Crippen LogP contribution in [0.25, 0.3) is 0 Å². The SMILES string of the molecule is CCNC(CN(CC)CC1CCC1)C(C)(C)C. The fourth-order valence-electron chi connectivity index (χ4n) is 2.52. The molecule has 1 aliphatic rings. The van der Waals surface area contributed by atoms with Crippen molar-refractivity contribution in [1.82, 2.24) is 10.2 Å². The van der Waals surface area contributed by atoms with Crippen LogP contribution in [0.1, 0.15) is 53.9 Å². The molecule has 0 heterocycles. The van der Waals surface area contributed by atoms with Crippen LogP contribution in [0.5, 0.6) is 0 Å². The Kier molecular flexibility index (Phi) is 5.94. The van der Waals surface area contributed by atoms with Crippen LogP contribution in [0, 0.1) is 11.3 Å². The van der Waals surface area contributed by atoms with Crippen molar-refractivity contribution in [3.63, 3.8) is 0 Å². The van der Waals surface area contributed by atoms with Gasteiger partial charge in [-0.3, -0.25) is 0 Å². The molecular weight excluding hydrogens is 208 g/mol. The Morgan fingerprint density at radius 3 is 2.24 bits per heavy atom. The van der Waals surface area contributed by atoms with E-state index in [1.54, 1.807) is 0 Å². The average Bonchev–Trinajstić information content (AvgIpc) is 2.18. The Balaban J connectivity index is 2.44. The zero-order valence-corrected chi connectivity index (χ0v) is 12.6. The molecule has 0 aliphatic heterocycles. The number of rotatable bonds is 7. The van der Waals surface area contributed by atoms with Gasteiger partial charge in [0.15, 0.2) is 0 Å². The molecule has 1 unspecified atom stereocenters. The maximum Gasteiger partial charge on any atom is 0.0243 e. The number of nitrogens with one attached hydrogen (secondary N) is 1. The van der Waals surface area contributed by atoms with Gasteiger partial charge in [0, 0.05) is 19.1 Å². The first kappa shape index (κ1) is 15.0. The fourth-order valence-corrected chi connectivity index (χ4v) is 2.52. The lowest BCUT2D eigenvalue weighted by molar-refractivity contribution is 0.137. The van der Waals surface area contributed by atoms with Crippen molar-refractivity contribution in [1.29, 1.82) is 0 Å². The van der Waals surface area contributed by atoms with Crippen molar-refractivity contribution in [3.05, 3.63) is 0 Å². The monoisotopic (exact) mass is 240 g/mol. The molecule has 0 bridgehead atoms. The lowest BCUT2D eigenvalue weighted by Gasteiger charge is -2.38. The molecule has 0 radical (unpaired) electrons. The molecule has 1 atom stereocenters. The van der Waals surface area contributed by atoms with Crippen molar-refractivity contribution >= 4 is 0 Å². The van der Waals surface area contributed by atoms with Crippen molar-refractivity contribution < 1.29 is 0 Å².